The lowest BCUT2D eigenvalue weighted by atomic mass is 9.89. The van der Waals surface area contributed by atoms with Crippen molar-refractivity contribution in [2.75, 3.05) is 32.8 Å². The summed E-state index contributed by atoms with van der Waals surface area (Å²) in [6.45, 7) is 8.49. The highest BCUT2D eigenvalue weighted by molar-refractivity contribution is 14.0. The Morgan fingerprint density at radius 2 is 2.04 bits per heavy atom. The number of rotatable bonds is 6. The van der Waals surface area contributed by atoms with Gasteiger partial charge in [0, 0.05) is 28.9 Å². The van der Waals surface area contributed by atoms with Gasteiger partial charge in [0.05, 0.1) is 19.8 Å². The van der Waals surface area contributed by atoms with Crippen LogP contribution in [0.5, 0.6) is 0 Å². The summed E-state index contributed by atoms with van der Waals surface area (Å²) in [5, 5.41) is 7.67. The Morgan fingerprint density at radius 3 is 2.58 bits per heavy atom. The van der Waals surface area contributed by atoms with Gasteiger partial charge in [-0.1, -0.05) is 30.7 Å². The molecule has 1 aliphatic heterocycles. The Hall–Kier alpha value is -0.530. The highest BCUT2D eigenvalue weighted by atomic mass is 127. The molecule has 1 aliphatic carbocycles. The predicted octanol–water partition coefficient (Wildman–Crippen LogP) is 3.58. The summed E-state index contributed by atoms with van der Waals surface area (Å²) in [5.41, 5.74) is 1.74. The molecule has 0 spiro atoms. The normalized spacial score (nSPS) is 20.5. The standard InChI is InChI=1S/C18H26ClN3O.HI/c1-3-20-16(21-10-17(2)12-23-13-17)22-11-18(7-8-18)14-5-4-6-15(19)9-14;/h4-6,9H,3,7-8,10-13H2,1-2H3,(H2,20,21,22);1H. The van der Waals surface area contributed by atoms with E-state index in [1.807, 2.05) is 12.1 Å². The Morgan fingerprint density at radius 1 is 1.29 bits per heavy atom. The summed E-state index contributed by atoms with van der Waals surface area (Å²) in [6, 6.07) is 8.24. The van der Waals surface area contributed by atoms with Gasteiger partial charge < -0.3 is 15.4 Å². The van der Waals surface area contributed by atoms with Crippen molar-refractivity contribution in [2.45, 2.75) is 32.1 Å². The second-order valence-corrected chi connectivity index (χ2v) is 7.58. The van der Waals surface area contributed by atoms with E-state index in [0.29, 0.717) is 0 Å². The SMILES string of the molecule is CCNC(=NCC1(C)COC1)NCC1(c2cccc(Cl)c2)CC1.I. The number of aliphatic imine (C=N–C) groups is 1. The molecular weight excluding hydrogens is 437 g/mol. The van der Waals surface area contributed by atoms with E-state index >= 15 is 0 Å². The topological polar surface area (TPSA) is 45.7 Å². The van der Waals surface area contributed by atoms with E-state index < -0.39 is 0 Å². The van der Waals surface area contributed by atoms with Gasteiger partial charge in [0.1, 0.15) is 0 Å². The van der Waals surface area contributed by atoms with Gasteiger partial charge in [0.15, 0.2) is 5.96 Å². The molecule has 24 heavy (non-hydrogen) atoms. The number of hydrogen-bond acceptors (Lipinski definition) is 2. The summed E-state index contributed by atoms with van der Waals surface area (Å²) >= 11 is 6.15. The van der Waals surface area contributed by atoms with Crippen LogP contribution in [0.4, 0.5) is 0 Å². The van der Waals surface area contributed by atoms with E-state index in [4.69, 9.17) is 21.3 Å². The Kier molecular flexibility index (Phi) is 6.79. The minimum atomic E-state index is 0. The fourth-order valence-electron chi connectivity index (χ4n) is 2.94. The minimum absolute atomic E-state index is 0. The third kappa shape index (κ3) is 4.76. The summed E-state index contributed by atoms with van der Waals surface area (Å²) in [7, 11) is 0. The van der Waals surface area contributed by atoms with Crippen LogP contribution >= 0.6 is 35.6 Å². The van der Waals surface area contributed by atoms with Crippen molar-refractivity contribution >= 4 is 41.5 Å². The summed E-state index contributed by atoms with van der Waals surface area (Å²) < 4.78 is 5.30. The second-order valence-electron chi connectivity index (χ2n) is 7.14. The third-order valence-corrected chi connectivity index (χ3v) is 4.98. The predicted molar refractivity (Wildman–Crippen MR) is 111 cm³/mol. The van der Waals surface area contributed by atoms with Crippen LogP contribution in [0.1, 0.15) is 32.3 Å². The van der Waals surface area contributed by atoms with Gasteiger partial charge >= 0.3 is 0 Å². The van der Waals surface area contributed by atoms with Crippen LogP contribution in [0, 0.1) is 5.41 Å². The molecule has 3 rings (SSSR count). The lowest BCUT2D eigenvalue weighted by molar-refractivity contribution is -0.0945. The molecule has 1 aromatic carbocycles. The Balaban J connectivity index is 0.00000208. The molecule has 0 unspecified atom stereocenters. The number of halogens is 2. The highest BCUT2D eigenvalue weighted by Crippen LogP contribution is 2.48. The third-order valence-electron chi connectivity index (χ3n) is 4.75. The molecule has 4 nitrogen and oxygen atoms in total. The average Bonchev–Trinajstić information content (AvgIpc) is 3.29. The Labute approximate surface area is 166 Å². The highest BCUT2D eigenvalue weighted by Gasteiger charge is 2.44. The van der Waals surface area contributed by atoms with Crippen LogP contribution in [-0.2, 0) is 10.2 Å². The largest absolute Gasteiger partial charge is 0.380 e. The molecule has 2 aliphatic rings. The summed E-state index contributed by atoms with van der Waals surface area (Å²) in [4.78, 5) is 4.74. The maximum atomic E-state index is 6.15. The molecule has 0 bridgehead atoms. The number of nitrogens with one attached hydrogen (secondary N) is 2. The molecule has 1 saturated heterocycles. The molecule has 0 aromatic heterocycles. The molecule has 0 atom stereocenters. The van der Waals surface area contributed by atoms with E-state index in [0.717, 1.165) is 43.8 Å². The number of ether oxygens (including phenoxy) is 1. The van der Waals surface area contributed by atoms with Gasteiger partial charge in [-0.05, 0) is 37.5 Å². The molecule has 2 fully saturated rings. The van der Waals surface area contributed by atoms with Gasteiger partial charge in [-0.25, -0.2) is 0 Å². The first kappa shape index (κ1) is 19.8. The molecule has 1 saturated carbocycles. The zero-order valence-corrected chi connectivity index (χ0v) is 17.5. The number of hydrogen-bond donors (Lipinski definition) is 2. The number of guanidine groups is 1. The van der Waals surface area contributed by atoms with Gasteiger partial charge in [-0.2, -0.15) is 0 Å². The van der Waals surface area contributed by atoms with Crippen molar-refractivity contribution in [3.8, 4) is 0 Å². The van der Waals surface area contributed by atoms with Gasteiger partial charge in [0.25, 0.3) is 0 Å². The fourth-order valence-corrected chi connectivity index (χ4v) is 3.13. The molecule has 6 heteroatoms. The van der Waals surface area contributed by atoms with Crippen molar-refractivity contribution in [3.63, 3.8) is 0 Å². The van der Waals surface area contributed by atoms with Crippen LogP contribution in [0.3, 0.4) is 0 Å². The monoisotopic (exact) mass is 463 g/mol. The molecule has 134 valence electrons. The maximum absolute atomic E-state index is 6.15. The number of benzene rings is 1. The lowest BCUT2D eigenvalue weighted by Gasteiger charge is -2.36. The minimum Gasteiger partial charge on any atom is -0.380 e. The van der Waals surface area contributed by atoms with Crippen molar-refractivity contribution in [1.29, 1.82) is 0 Å². The van der Waals surface area contributed by atoms with Crippen LogP contribution in [0.15, 0.2) is 29.3 Å². The van der Waals surface area contributed by atoms with E-state index in [1.54, 1.807) is 0 Å². The molecule has 0 radical (unpaired) electrons. The fraction of sp³-hybridized carbons (Fsp3) is 0.611. The second kappa shape index (κ2) is 8.23. The lowest BCUT2D eigenvalue weighted by Crippen LogP contribution is -2.45. The molecule has 1 aromatic rings. The molecular formula is C18H27ClIN3O. The quantitative estimate of drug-likeness (QED) is 0.385. The molecule has 0 amide bonds. The van der Waals surface area contributed by atoms with Crippen molar-refractivity contribution in [3.05, 3.63) is 34.9 Å². The molecule has 1 heterocycles. The summed E-state index contributed by atoms with van der Waals surface area (Å²) in [5.74, 6) is 0.897. The zero-order valence-electron chi connectivity index (χ0n) is 14.4. The van der Waals surface area contributed by atoms with Gasteiger partial charge in [0.2, 0.25) is 0 Å². The number of nitrogens with zero attached hydrogens (tertiary/aromatic N) is 1. The maximum Gasteiger partial charge on any atom is 0.191 e. The van der Waals surface area contributed by atoms with Crippen molar-refractivity contribution in [1.82, 2.24) is 10.6 Å². The van der Waals surface area contributed by atoms with Crippen LogP contribution in [0.2, 0.25) is 5.02 Å². The van der Waals surface area contributed by atoms with E-state index in [9.17, 15) is 0 Å². The smallest absolute Gasteiger partial charge is 0.191 e. The summed E-state index contributed by atoms with van der Waals surface area (Å²) in [6.07, 6.45) is 2.40. The van der Waals surface area contributed by atoms with Crippen molar-refractivity contribution < 1.29 is 4.74 Å². The van der Waals surface area contributed by atoms with Crippen LogP contribution < -0.4 is 10.6 Å². The molecule has 2 N–H and O–H groups in total. The first-order valence-electron chi connectivity index (χ1n) is 8.41. The average molecular weight is 464 g/mol. The van der Waals surface area contributed by atoms with E-state index in [1.165, 1.54) is 18.4 Å². The zero-order chi connectivity index (χ0) is 16.3. The first-order valence-corrected chi connectivity index (χ1v) is 8.79. The van der Waals surface area contributed by atoms with Crippen LogP contribution in [-0.4, -0.2) is 38.8 Å². The Bertz CT molecular complexity index is 585. The van der Waals surface area contributed by atoms with Crippen LogP contribution in [0.25, 0.3) is 0 Å². The first-order chi connectivity index (χ1) is 11.1. The van der Waals surface area contributed by atoms with Gasteiger partial charge in [-0.3, -0.25) is 4.99 Å². The van der Waals surface area contributed by atoms with Crippen molar-refractivity contribution in [2.24, 2.45) is 10.4 Å². The van der Waals surface area contributed by atoms with E-state index in [2.05, 4.69) is 36.6 Å². The van der Waals surface area contributed by atoms with Gasteiger partial charge in [-0.15, -0.1) is 24.0 Å². The van der Waals surface area contributed by atoms with E-state index in [-0.39, 0.29) is 34.8 Å².